The Morgan fingerprint density at radius 3 is 2.69 bits per heavy atom. The topological polar surface area (TPSA) is 99.5 Å². The van der Waals surface area contributed by atoms with Crippen LogP contribution in [0.15, 0.2) is 29.3 Å². The molecule has 4 rings (SSSR count). The van der Waals surface area contributed by atoms with E-state index in [1.807, 2.05) is 4.72 Å². The van der Waals surface area contributed by atoms with E-state index >= 15 is 0 Å². The number of sulfonamides is 1. The van der Waals surface area contributed by atoms with Gasteiger partial charge in [0.1, 0.15) is 5.69 Å². The monoisotopic (exact) mass is 385 g/mol. The van der Waals surface area contributed by atoms with Crippen LogP contribution in [0.2, 0.25) is 0 Å². The lowest BCUT2D eigenvalue weighted by molar-refractivity contribution is -0.286. The van der Waals surface area contributed by atoms with Gasteiger partial charge in [0.15, 0.2) is 11.5 Å². The molecule has 0 saturated heterocycles. The molecule has 0 atom stereocenters. The molecule has 2 aliphatic rings. The molecule has 11 heteroatoms. The first kappa shape index (κ1) is 16.8. The number of aromatic nitrogens is 2. The van der Waals surface area contributed by atoms with Gasteiger partial charge in [-0.1, -0.05) is 0 Å². The van der Waals surface area contributed by atoms with Crippen molar-refractivity contribution in [2.24, 2.45) is 7.05 Å². The molecule has 1 aliphatic carbocycles. The van der Waals surface area contributed by atoms with Crippen molar-refractivity contribution in [3.8, 4) is 11.5 Å². The normalized spacial score (nSPS) is 18.0. The molecule has 0 radical (unpaired) electrons. The second kappa shape index (κ2) is 5.40. The summed E-state index contributed by atoms with van der Waals surface area (Å²) in [5, 5.41) is 4.01. The summed E-state index contributed by atoms with van der Waals surface area (Å²) < 4.78 is 62.7. The Hall–Kier alpha value is -2.69. The largest absolute Gasteiger partial charge is 0.586 e. The lowest BCUT2D eigenvalue weighted by atomic mass is 10.1. The molecule has 1 aromatic carbocycles. The molecule has 1 aliphatic heterocycles. The second-order valence-corrected chi connectivity index (χ2v) is 7.74. The van der Waals surface area contributed by atoms with Crippen LogP contribution >= 0.6 is 0 Å². The first-order valence-electron chi connectivity index (χ1n) is 7.65. The average molecular weight is 385 g/mol. The maximum atomic E-state index is 13.1. The van der Waals surface area contributed by atoms with E-state index in [-0.39, 0.29) is 17.4 Å². The maximum absolute atomic E-state index is 13.1. The zero-order valence-electron chi connectivity index (χ0n) is 13.4. The summed E-state index contributed by atoms with van der Waals surface area (Å²) in [6.07, 6.45) is -0.492. The van der Waals surface area contributed by atoms with Crippen molar-refractivity contribution < 1.29 is 31.5 Å². The number of hydrogen-bond donors (Lipinski definition) is 1. The van der Waals surface area contributed by atoms with Crippen molar-refractivity contribution in [3.63, 3.8) is 0 Å². The molecule has 1 saturated carbocycles. The van der Waals surface area contributed by atoms with E-state index in [4.69, 9.17) is 0 Å². The zero-order valence-corrected chi connectivity index (χ0v) is 14.2. The number of alkyl halides is 2. The van der Waals surface area contributed by atoms with E-state index in [0.29, 0.717) is 5.56 Å². The number of carbonyl (C=O) groups excluding carboxylic acids is 1. The van der Waals surface area contributed by atoms with Crippen molar-refractivity contribution in [2.75, 3.05) is 0 Å². The molecule has 26 heavy (non-hydrogen) atoms. The number of rotatable bonds is 4. The minimum atomic E-state index is -4.30. The number of ether oxygens (including phenoxy) is 2. The number of hydrogen-bond acceptors (Lipinski definition) is 6. The van der Waals surface area contributed by atoms with Gasteiger partial charge in [-0.25, -0.2) is 13.1 Å². The van der Waals surface area contributed by atoms with E-state index in [1.54, 1.807) is 6.20 Å². The Labute approximate surface area is 146 Å². The van der Waals surface area contributed by atoms with Crippen molar-refractivity contribution in [3.05, 3.63) is 35.7 Å². The van der Waals surface area contributed by atoms with Gasteiger partial charge in [-0.05, 0) is 30.9 Å². The van der Waals surface area contributed by atoms with E-state index < -0.39 is 32.9 Å². The smallest absolute Gasteiger partial charge is 0.395 e. The van der Waals surface area contributed by atoms with Gasteiger partial charge in [0.05, 0.1) is 11.1 Å². The van der Waals surface area contributed by atoms with Gasteiger partial charge in [-0.2, -0.15) is 5.10 Å². The third-order valence-corrected chi connectivity index (χ3v) is 5.44. The van der Waals surface area contributed by atoms with Gasteiger partial charge in [0.2, 0.25) is 0 Å². The Kier molecular flexibility index (Phi) is 3.48. The van der Waals surface area contributed by atoms with Gasteiger partial charge in [-0.3, -0.25) is 9.48 Å². The van der Waals surface area contributed by atoms with Crippen LogP contribution in [0.5, 0.6) is 11.5 Å². The molecule has 0 spiro atoms. The fourth-order valence-corrected chi connectivity index (χ4v) is 3.72. The molecule has 1 aromatic heterocycles. The Morgan fingerprint density at radius 2 is 2.00 bits per heavy atom. The quantitative estimate of drug-likeness (QED) is 0.861. The Morgan fingerprint density at radius 1 is 1.31 bits per heavy atom. The highest BCUT2D eigenvalue weighted by Crippen LogP contribution is 2.42. The SMILES string of the molecule is Cn1ncc(C2CC2)c1C(=O)NS(=O)(=O)c1ccc2c(c1)OC(F)(F)O2. The third kappa shape index (κ3) is 2.87. The Bertz CT molecular complexity index is 1010. The minimum absolute atomic E-state index is 0.156. The number of benzene rings is 1. The molecular weight excluding hydrogens is 372 g/mol. The second-order valence-electron chi connectivity index (χ2n) is 6.06. The fourth-order valence-electron chi connectivity index (χ4n) is 2.75. The highest BCUT2D eigenvalue weighted by molar-refractivity contribution is 7.90. The van der Waals surface area contributed by atoms with E-state index in [1.165, 1.54) is 11.7 Å². The molecule has 0 bridgehead atoms. The predicted molar refractivity (Wildman–Crippen MR) is 82.5 cm³/mol. The summed E-state index contributed by atoms with van der Waals surface area (Å²) in [5.74, 6) is -1.36. The van der Waals surface area contributed by atoms with Crippen molar-refractivity contribution >= 4 is 15.9 Å². The van der Waals surface area contributed by atoms with Crippen LogP contribution in [0.25, 0.3) is 0 Å². The predicted octanol–water partition coefficient (Wildman–Crippen LogP) is 1.74. The molecule has 1 N–H and O–H groups in total. The van der Waals surface area contributed by atoms with Crippen LogP contribution in [0.4, 0.5) is 8.78 Å². The fraction of sp³-hybridized carbons (Fsp3) is 0.333. The van der Waals surface area contributed by atoms with Crippen LogP contribution in [0.3, 0.4) is 0 Å². The molecule has 1 fully saturated rings. The number of halogens is 2. The summed E-state index contributed by atoms with van der Waals surface area (Å²) in [7, 11) is -2.77. The van der Waals surface area contributed by atoms with Gasteiger partial charge < -0.3 is 9.47 Å². The molecule has 2 heterocycles. The van der Waals surface area contributed by atoms with Crippen LogP contribution in [0.1, 0.15) is 34.8 Å². The molecular formula is C15H13F2N3O5S. The van der Waals surface area contributed by atoms with Crippen molar-refractivity contribution in [2.45, 2.75) is 29.9 Å². The maximum Gasteiger partial charge on any atom is 0.586 e. The summed E-state index contributed by atoms with van der Waals surface area (Å²) in [5.41, 5.74) is 0.842. The summed E-state index contributed by atoms with van der Waals surface area (Å²) >= 11 is 0. The highest BCUT2D eigenvalue weighted by Gasteiger charge is 2.44. The number of nitrogens with one attached hydrogen (secondary N) is 1. The molecule has 1 amide bonds. The third-order valence-electron chi connectivity index (χ3n) is 4.11. The van der Waals surface area contributed by atoms with E-state index in [9.17, 15) is 22.0 Å². The van der Waals surface area contributed by atoms with Gasteiger partial charge in [0, 0.05) is 18.7 Å². The van der Waals surface area contributed by atoms with Gasteiger partial charge in [-0.15, -0.1) is 8.78 Å². The van der Waals surface area contributed by atoms with Crippen LogP contribution < -0.4 is 14.2 Å². The van der Waals surface area contributed by atoms with E-state index in [2.05, 4.69) is 14.6 Å². The molecule has 0 unspecified atom stereocenters. The van der Waals surface area contributed by atoms with Gasteiger partial charge >= 0.3 is 6.29 Å². The van der Waals surface area contributed by atoms with Crippen LogP contribution in [0, 0.1) is 0 Å². The number of amides is 1. The first-order chi connectivity index (χ1) is 12.2. The molecule has 2 aromatic rings. The van der Waals surface area contributed by atoms with Gasteiger partial charge in [0.25, 0.3) is 15.9 Å². The summed E-state index contributed by atoms with van der Waals surface area (Å²) in [4.78, 5) is 12.1. The number of carbonyl (C=O) groups is 1. The average Bonchev–Trinajstić information content (AvgIpc) is 3.22. The van der Waals surface area contributed by atoms with Crippen molar-refractivity contribution in [1.29, 1.82) is 0 Å². The highest BCUT2D eigenvalue weighted by atomic mass is 32.2. The number of aryl methyl sites for hydroxylation is 1. The van der Waals surface area contributed by atoms with Crippen LogP contribution in [-0.4, -0.2) is 30.4 Å². The number of nitrogens with zero attached hydrogens (tertiary/aromatic N) is 2. The summed E-state index contributed by atoms with van der Waals surface area (Å²) in [6.45, 7) is 0. The lowest BCUT2D eigenvalue weighted by Crippen LogP contribution is -2.32. The first-order valence-corrected chi connectivity index (χ1v) is 9.13. The minimum Gasteiger partial charge on any atom is -0.395 e. The standard InChI is InChI=1S/C15H13F2N3O5S/c1-20-13(10(7-18-20)8-2-3-8)14(21)19-26(22,23)9-4-5-11-12(6-9)25-15(16,17)24-11/h4-8H,2-3H2,1H3,(H,19,21). The molecule has 8 nitrogen and oxygen atoms in total. The molecule has 138 valence electrons. The number of fused-ring (bicyclic) bond motifs is 1. The Balaban J connectivity index is 1.61. The van der Waals surface area contributed by atoms with Crippen LogP contribution in [-0.2, 0) is 17.1 Å². The summed E-state index contributed by atoms with van der Waals surface area (Å²) in [6, 6.07) is 2.95. The van der Waals surface area contributed by atoms with Crippen molar-refractivity contribution in [1.82, 2.24) is 14.5 Å². The lowest BCUT2D eigenvalue weighted by Gasteiger charge is -2.09. The van der Waals surface area contributed by atoms with E-state index in [0.717, 1.165) is 31.0 Å². The zero-order chi connectivity index (χ0) is 18.7.